The highest BCUT2D eigenvalue weighted by molar-refractivity contribution is 9.10. The third kappa shape index (κ3) is 2.21. The highest BCUT2D eigenvalue weighted by Crippen LogP contribution is 2.50. The Kier molecular flexibility index (Phi) is 3.27. The number of hydrogen-bond acceptors (Lipinski definition) is 1. The van der Waals surface area contributed by atoms with Crippen LogP contribution in [-0.2, 0) is 0 Å². The lowest BCUT2D eigenvalue weighted by Gasteiger charge is -2.37. The summed E-state index contributed by atoms with van der Waals surface area (Å²) in [4.78, 5) is 0. The molecule has 1 aliphatic carbocycles. The molecule has 0 aromatic heterocycles. The van der Waals surface area contributed by atoms with Gasteiger partial charge in [-0.1, -0.05) is 64.5 Å². The maximum absolute atomic E-state index is 3.82. The van der Waals surface area contributed by atoms with Gasteiger partial charge in [0.05, 0.1) is 6.04 Å². The van der Waals surface area contributed by atoms with Crippen molar-refractivity contribution in [2.45, 2.75) is 18.4 Å². The van der Waals surface area contributed by atoms with Crippen molar-refractivity contribution in [3.63, 3.8) is 0 Å². The smallest absolute Gasteiger partial charge is 0.0554 e. The van der Waals surface area contributed by atoms with E-state index in [9.17, 15) is 0 Å². The first-order chi connectivity index (χ1) is 11.8. The van der Waals surface area contributed by atoms with Gasteiger partial charge in [-0.15, -0.1) is 0 Å². The van der Waals surface area contributed by atoms with Crippen LogP contribution in [0.25, 0.3) is 10.8 Å². The van der Waals surface area contributed by atoms with E-state index in [0.717, 1.165) is 10.9 Å². The predicted molar refractivity (Wildman–Crippen MR) is 104 cm³/mol. The van der Waals surface area contributed by atoms with Crippen LogP contribution in [0, 0.1) is 5.92 Å². The molecule has 2 aliphatic rings. The fourth-order valence-electron chi connectivity index (χ4n) is 4.30. The molecule has 0 fully saturated rings. The summed E-state index contributed by atoms with van der Waals surface area (Å²) in [5.41, 5.74) is 4.07. The molecule has 0 spiro atoms. The lowest BCUT2D eigenvalue weighted by atomic mass is 9.77. The Morgan fingerprint density at radius 3 is 2.71 bits per heavy atom. The van der Waals surface area contributed by atoms with Crippen molar-refractivity contribution in [2.24, 2.45) is 5.92 Å². The van der Waals surface area contributed by atoms with Crippen molar-refractivity contribution >= 4 is 32.4 Å². The Morgan fingerprint density at radius 2 is 1.79 bits per heavy atom. The zero-order valence-electron chi connectivity index (χ0n) is 13.2. The number of fused-ring (bicyclic) bond motifs is 4. The van der Waals surface area contributed by atoms with E-state index in [0.29, 0.717) is 17.9 Å². The minimum atomic E-state index is 0.364. The van der Waals surface area contributed by atoms with Gasteiger partial charge in [0.25, 0.3) is 0 Å². The van der Waals surface area contributed by atoms with E-state index in [1.54, 1.807) is 0 Å². The molecule has 2 heteroatoms. The summed E-state index contributed by atoms with van der Waals surface area (Å²) < 4.78 is 1.16. The van der Waals surface area contributed by atoms with Crippen LogP contribution in [-0.4, -0.2) is 0 Å². The lowest BCUT2D eigenvalue weighted by Crippen LogP contribution is -2.29. The molecule has 118 valence electrons. The van der Waals surface area contributed by atoms with E-state index in [1.807, 2.05) is 0 Å². The van der Waals surface area contributed by atoms with E-state index in [2.05, 4.69) is 94.1 Å². The molecule has 1 N–H and O–H groups in total. The largest absolute Gasteiger partial charge is 0.378 e. The van der Waals surface area contributed by atoms with Crippen LogP contribution in [0.4, 0.5) is 5.69 Å². The van der Waals surface area contributed by atoms with Crippen LogP contribution >= 0.6 is 15.9 Å². The Labute approximate surface area is 150 Å². The van der Waals surface area contributed by atoms with E-state index in [1.165, 1.54) is 27.6 Å². The normalized spacial score (nSPS) is 24.5. The van der Waals surface area contributed by atoms with Gasteiger partial charge in [0.2, 0.25) is 0 Å². The molecule has 0 amide bonds. The van der Waals surface area contributed by atoms with Gasteiger partial charge in [0.1, 0.15) is 0 Å². The van der Waals surface area contributed by atoms with Gasteiger partial charge in [-0.2, -0.15) is 0 Å². The summed E-state index contributed by atoms with van der Waals surface area (Å²) in [6.07, 6.45) is 5.88. The topological polar surface area (TPSA) is 12.0 Å². The first kappa shape index (κ1) is 14.3. The SMILES string of the molecule is Brc1ccc2c(c1)C1C=CCC1C(c1ccc3ccccc3c1)N2. The summed E-state index contributed by atoms with van der Waals surface area (Å²) in [6, 6.07) is 22.5. The summed E-state index contributed by atoms with van der Waals surface area (Å²) in [5, 5.41) is 6.44. The van der Waals surface area contributed by atoms with Crippen LogP contribution in [0.2, 0.25) is 0 Å². The number of hydrogen-bond donors (Lipinski definition) is 1. The molecule has 5 rings (SSSR count). The molecule has 0 radical (unpaired) electrons. The predicted octanol–water partition coefficient (Wildman–Crippen LogP) is 6.43. The minimum Gasteiger partial charge on any atom is -0.378 e. The van der Waals surface area contributed by atoms with Crippen molar-refractivity contribution in [1.82, 2.24) is 0 Å². The molecule has 3 aromatic rings. The number of nitrogens with one attached hydrogen (secondary N) is 1. The number of allylic oxidation sites excluding steroid dienone is 2. The van der Waals surface area contributed by atoms with Crippen molar-refractivity contribution < 1.29 is 0 Å². The number of rotatable bonds is 1. The van der Waals surface area contributed by atoms with E-state index >= 15 is 0 Å². The van der Waals surface area contributed by atoms with Crippen molar-refractivity contribution in [3.05, 3.63) is 88.4 Å². The quantitative estimate of drug-likeness (QED) is 0.483. The van der Waals surface area contributed by atoms with Gasteiger partial charge in [-0.05, 0) is 58.5 Å². The maximum Gasteiger partial charge on any atom is 0.0554 e. The van der Waals surface area contributed by atoms with E-state index in [-0.39, 0.29) is 0 Å². The maximum atomic E-state index is 3.82. The van der Waals surface area contributed by atoms with Crippen LogP contribution in [0.1, 0.15) is 29.5 Å². The van der Waals surface area contributed by atoms with Crippen LogP contribution < -0.4 is 5.32 Å². The average Bonchev–Trinajstić information content (AvgIpc) is 3.11. The van der Waals surface area contributed by atoms with Gasteiger partial charge < -0.3 is 5.32 Å². The van der Waals surface area contributed by atoms with Gasteiger partial charge in [0.15, 0.2) is 0 Å². The minimum absolute atomic E-state index is 0.364. The molecule has 0 saturated carbocycles. The number of halogens is 1. The summed E-state index contributed by atoms with van der Waals surface area (Å²) in [6.45, 7) is 0. The summed E-state index contributed by atoms with van der Waals surface area (Å²) in [7, 11) is 0. The first-order valence-corrected chi connectivity index (χ1v) is 9.30. The Morgan fingerprint density at radius 1 is 0.917 bits per heavy atom. The number of anilines is 1. The molecule has 0 saturated heterocycles. The van der Waals surface area contributed by atoms with E-state index in [4.69, 9.17) is 0 Å². The van der Waals surface area contributed by atoms with Crippen LogP contribution in [0.15, 0.2) is 77.3 Å². The third-order valence-electron chi connectivity index (χ3n) is 5.46. The monoisotopic (exact) mass is 375 g/mol. The first-order valence-electron chi connectivity index (χ1n) is 8.51. The van der Waals surface area contributed by atoms with Crippen molar-refractivity contribution in [2.75, 3.05) is 5.32 Å². The highest BCUT2D eigenvalue weighted by atomic mass is 79.9. The van der Waals surface area contributed by atoms with Crippen LogP contribution in [0.3, 0.4) is 0 Å². The standard InChI is InChI=1S/C22H18BrN/c23-17-10-11-21-20(13-17)18-6-3-7-19(18)22(24-21)16-9-8-14-4-1-2-5-15(14)12-16/h1-6,8-13,18-19,22,24H,7H2. The molecule has 3 unspecified atom stereocenters. The van der Waals surface area contributed by atoms with Crippen molar-refractivity contribution in [1.29, 1.82) is 0 Å². The second kappa shape index (κ2) is 5.49. The second-order valence-electron chi connectivity index (χ2n) is 6.81. The third-order valence-corrected chi connectivity index (χ3v) is 5.95. The molecule has 1 aliphatic heterocycles. The molecule has 1 heterocycles. The molecule has 0 bridgehead atoms. The summed E-state index contributed by atoms with van der Waals surface area (Å²) >= 11 is 3.62. The lowest BCUT2D eigenvalue weighted by molar-refractivity contribution is 0.426. The molecule has 1 nitrogen and oxygen atoms in total. The molecule has 3 atom stereocenters. The molecule has 3 aromatic carbocycles. The van der Waals surface area contributed by atoms with E-state index < -0.39 is 0 Å². The number of benzene rings is 3. The molecular formula is C22H18BrN. The molecule has 24 heavy (non-hydrogen) atoms. The van der Waals surface area contributed by atoms with Gasteiger partial charge in [0, 0.05) is 16.1 Å². The summed E-state index contributed by atoms with van der Waals surface area (Å²) in [5.74, 6) is 1.10. The zero-order chi connectivity index (χ0) is 16.1. The highest BCUT2D eigenvalue weighted by Gasteiger charge is 2.37. The van der Waals surface area contributed by atoms with Gasteiger partial charge >= 0.3 is 0 Å². The van der Waals surface area contributed by atoms with Gasteiger partial charge in [-0.25, -0.2) is 0 Å². The Hall–Kier alpha value is -2.06. The molecular weight excluding hydrogens is 358 g/mol. The zero-order valence-corrected chi connectivity index (χ0v) is 14.8. The van der Waals surface area contributed by atoms with Gasteiger partial charge in [-0.3, -0.25) is 0 Å². The average molecular weight is 376 g/mol. The fraction of sp³-hybridized carbons (Fsp3) is 0.182. The Balaban J connectivity index is 1.61. The fourth-order valence-corrected chi connectivity index (χ4v) is 4.68. The van der Waals surface area contributed by atoms with Crippen molar-refractivity contribution in [3.8, 4) is 0 Å². The second-order valence-corrected chi connectivity index (χ2v) is 7.73. The Bertz CT molecular complexity index is 959. The van der Waals surface area contributed by atoms with Crippen LogP contribution in [0.5, 0.6) is 0 Å².